The van der Waals surface area contributed by atoms with Gasteiger partial charge in [0.1, 0.15) is 13.2 Å². The number of quaternary nitrogens is 1. The zero-order valence-electron chi connectivity index (χ0n) is 57.3. The number of unbranched alkanes of at least 4 members (excludes halogenated alkanes) is 20. The number of hydrogen-bond donors (Lipinski definition) is 1. The van der Waals surface area contributed by atoms with Crippen LogP contribution < -0.4 is 0 Å². The van der Waals surface area contributed by atoms with Crippen molar-refractivity contribution in [3.63, 3.8) is 0 Å². The Morgan fingerprint density at radius 3 is 0.921 bits per heavy atom. The molecule has 0 aromatic rings. The van der Waals surface area contributed by atoms with Gasteiger partial charge in [0.2, 0.25) is 0 Å². The number of esters is 2. The summed E-state index contributed by atoms with van der Waals surface area (Å²) < 4.78 is 22.9. The van der Waals surface area contributed by atoms with Crippen LogP contribution in [0.4, 0.5) is 0 Å². The SMILES string of the molecule is CC/C=C\C/C=C\C/C=C\C/C=C\C/C=C\C/C=C\C/C=C\C/C=C\C/C=C\C/C=C\CCCCC(=O)OC(COC(=O)CCCCCCCCCCCCCCCCCCCC/C=C\C/C=C\C/C=C\C/C=C\CC)COC(OCC[N+](C)(C)C)C(=O)O. The third-order valence-electron chi connectivity index (χ3n) is 14.5. The topological polar surface area (TPSA) is 108 Å². The van der Waals surface area contributed by atoms with Gasteiger partial charge in [0, 0.05) is 12.8 Å². The maximum atomic E-state index is 12.9. The lowest BCUT2D eigenvalue weighted by Crippen LogP contribution is -2.40. The van der Waals surface area contributed by atoms with Crippen LogP contribution in [0.2, 0.25) is 0 Å². The third-order valence-corrected chi connectivity index (χ3v) is 14.5. The van der Waals surface area contributed by atoms with Gasteiger partial charge >= 0.3 is 17.9 Å². The van der Waals surface area contributed by atoms with Crippen molar-refractivity contribution in [2.45, 2.75) is 270 Å². The molecule has 0 spiro atoms. The number of carbonyl (C=O) groups is 3. The molecule has 0 amide bonds. The first-order valence-corrected chi connectivity index (χ1v) is 35.3. The maximum absolute atomic E-state index is 12.9. The van der Waals surface area contributed by atoms with Gasteiger partial charge in [0.15, 0.2) is 6.10 Å². The molecule has 0 aromatic carbocycles. The molecule has 502 valence electrons. The summed E-state index contributed by atoms with van der Waals surface area (Å²) in [6.07, 6.45) is 100. The predicted octanol–water partition coefficient (Wildman–Crippen LogP) is 22.2. The van der Waals surface area contributed by atoms with Gasteiger partial charge in [0.25, 0.3) is 6.29 Å². The lowest BCUT2D eigenvalue weighted by Gasteiger charge is -2.25. The Hall–Kier alpha value is -5.35. The van der Waals surface area contributed by atoms with Gasteiger partial charge in [0.05, 0.1) is 34.4 Å². The smallest absolute Gasteiger partial charge is 0.361 e. The monoisotopic (exact) mass is 1230 g/mol. The Kier molecular flexibility index (Phi) is 64.4. The number of carboxylic acids is 1. The van der Waals surface area contributed by atoms with E-state index in [2.05, 4.69) is 184 Å². The molecule has 9 heteroatoms. The lowest BCUT2D eigenvalue weighted by atomic mass is 10.0. The molecule has 0 aliphatic carbocycles. The molecule has 0 aliphatic rings. The van der Waals surface area contributed by atoms with Crippen molar-refractivity contribution in [1.82, 2.24) is 0 Å². The van der Waals surface area contributed by atoms with Crippen LogP contribution in [0.1, 0.15) is 258 Å². The minimum Gasteiger partial charge on any atom is -0.477 e. The number of rotatable bonds is 63. The first-order chi connectivity index (χ1) is 43.6. The Morgan fingerprint density at radius 1 is 0.337 bits per heavy atom. The van der Waals surface area contributed by atoms with E-state index in [0.29, 0.717) is 17.4 Å². The van der Waals surface area contributed by atoms with Gasteiger partial charge in [-0.1, -0.05) is 287 Å². The van der Waals surface area contributed by atoms with E-state index in [4.69, 9.17) is 18.9 Å². The number of allylic oxidation sites excluding steroid dienone is 28. The maximum Gasteiger partial charge on any atom is 0.361 e. The average Bonchev–Trinajstić information content (AvgIpc) is 3.64. The molecule has 2 unspecified atom stereocenters. The zero-order valence-corrected chi connectivity index (χ0v) is 57.3. The highest BCUT2D eigenvalue weighted by Gasteiger charge is 2.25. The number of carboxylic acid groups (broad SMARTS) is 1. The summed E-state index contributed by atoms with van der Waals surface area (Å²) in [6, 6.07) is 0. The molecule has 89 heavy (non-hydrogen) atoms. The summed E-state index contributed by atoms with van der Waals surface area (Å²) in [5.41, 5.74) is 0. The number of hydrogen-bond acceptors (Lipinski definition) is 7. The van der Waals surface area contributed by atoms with Crippen molar-refractivity contribution in [1.29, 1.82) is 0 Å². The van der Waals surface area contributed by atoms with E-state index in [0.717, 1.165) is 122 Å². The van der Waals surface area contributed by atoms with Crippen LogP contribution in [0.3, 0.4) is 0 Å². The molecule has 0 aliphatic heterocycles. The number of carbonyl (C=O) groups excluding carboxylic acids is 2. The van der Waals surface area contributed by atoms with Crippen LogP contribution in [-0.4, -0.2) is 87.4 Å². The molecule has 1 N–H and O–H groups in total. The fourth-order valence-corrected chi connectivity index (χ4v) is 9.15. The highest BCUT2D eigenvalue weighted by molar-refractivity contribution is 5.71. The largest absolute Gasteiger partial charge is 0.477 e. The van der Waals surface area contributed by atoms with Crippen LogP contribution in [0.25, 0.3) is 0 Å². The van der Waals surface area contributed by atoms with Gasteiger partial charge < -0.3 is 28.5 Å². The Labute approximate surface area is 546 Å². The third kappa shape index (κ3) is 70.0. The minimum atomic E-state index is -1.53. The Morgan fingerprint density at radius 2 is 0.607 bits per heavy atom. The zero-order chi connectivity index (χ0) is 64.7. The lowest BCUT2D eigenvalue weighted by molar-refractivity contribution is -0.870. The molecule has 0 bridgehead atoms. The van der Waals surface area contributed by atoms with Gasteiger partial charge in [-0.3, -0.25) is 9.59 Å². The van der Waals surface area contributed by atoms with E-state index in [-0.39, 0.29) is 38.6 Å². The molecule has 0 aromatic heterocycles. The Balaban J connectivity index is 4.24. The fourth-order valence-electron chi connectivity index (χ4n) is 9.15. The van der Waals surface area contributed by atoms with E-state index in [1.807, 2.05) is 21.1 Å². The summed E-state index contributed by atoms with van der Waals surface area (Å²) in [5, 5.41) is 9.75. The molecule has 2 atom stereocenters. The van der Waals surface area contributed by atoms with E-state index in [1.165, 1.54) is 103 Å². The number of aliphatic carboxylic acids is 1. The summed E-state index contributed by atoms with van der Waals surface area (Å²) in [4.78, 5) is 37.6. The van der Waals surface area contributed by atoms with E-state index in [9.17, 15) is 19.5 Å². The van der Waals surface area contributed by atoms with Crippen LogP contribution in [0, 0.1) is 0 Å². The van der Waals surface area contributed by atoms with Crippen LogP contribution >= 0.6 is 0 Å². The van der Waals surface area contributed by atoms with E-state index >= 15 is 0 Å². The van der Waals surface area contributed by atoms with Gasteiger partial charge in [-0.05, 0) is 128 Å². The van der Waals surface area contributed by atoms with Crippen molar-refractivity contribution in [3.05, 3.63) is 170 Å². The Bertz CT molecular complexity index is 2070. The van der Waals surface area contributed by atoms with Crippen molar-refractivity contribution >= 4 is 17.9 Å². The van der Waals surface area contributed by atoms with Gasteiger partial charge in [-0.25, -0.2) is 4.79 Å². The molecule has 0 radical (unpaired) electrons. The highest BCUT2D eigenvalue weighted by atomic mass is 16.7. The van der Waals surface area contributed by atoms with Crippen molar-refractivity contribution < 1.29 is 42.9 Å². The molecule has 9 nitrogen and oxygen atoms in total. The summed E-state index contributed by atoms with van der Waals surface area (Å²) in [7, 11) is 5.95. The average molecular weight is 1230 g/mol. The first-order valence-electron chi connectivity index (χ1n) is 35.3. The van der Waals surface area contributed by atoms with Crippen LogP contribution in [0.15, 0.2) is 170 Å². The second-order valence-corrected chi connectivity index (χ2v) is 24.1. The minimum absolute atomic E-state index is 0.171. The number of nitrogens with zero attached hydrogens (tertiary/aromatic N) is 1. The quantitative estimate of drug-likeness (QED) is 0.0211. The molecular formula is C80H130NO8+. The molecule has 0 fully saturated rings. The molecule has 0 saturated heterocycles. The van der Waals surface area contributed by atoms with Crippen LogP contribution in [0.5, 0.6) is 0 Å². The summed E-state index contributed by atoms with van der Waals surface area (Å²) in [5.74, 6) is -2.08. The number of likely N-dealkylation sites (N-methyl/N-ethyl adjacent to an activating group) is 1. The van der Waals surface area contributed by atoms with Gasteiger partial charge in [-0.2, -0.15) is 0 Å². The second kappa shape index (κ2) is 68.6. The number of ether oxygens (including phenoxy) is 4. The summed E-state index contributed by atoms with van der Waals surface area (Å²) >= 11 is 0. The van der Waals surface area contributed by atoms with Crippen molar-refractivity contribution in [2.24, 2.45) is 0 Å². The fraction of sp³-hybridized carbons (Fsp3) is 0.613. The normalized spacial score (nSPS) is 13.8. The standard InChI is InChI=1S/C80H129NO8/c1-6-8-10-12-14-16-18-20-22-24-26-28-30-32-34-36-38-39-41-43-45-47-49-51-53-55-57-59-61-63-65-67-69-71-78(83)89-76(75-88-80(79(84)85)86-73-72-81(3,4)5)74-87-77(82)70-68-66-64-62-60-58-56-54-52-50-48-46-44-42-40-37-35-33-31-29-27-25-23-21-19-17-15-13-11-9-7-2/h8-11,14-17,20-23,26-29,32,34,38-39,43,45,49,51,55,57,61,63,76,80H,6-7,12-13,18-19,24-25,30-31,33,35-37,40-42,44,46-48,50,52-54,56,58-60,62,64-75H2,1-5H3/p+1/b10-8-,11-9-,16-14-,17-15-,22-20-,23-21-,28-26-,29-27-,34-32-,39-38-,45-43-,51-49-,57-55-,63-61-. The molecule has 0 saturated carbocycles. The van der Waals surface area contributed by atoms with E-state index in [1.54, 1.807) is 0 Å². The highest BCUT2D eigenvalue weighted by Crippen LogP contribution is 2.16. The molecule has 0 heterocycles. The van der Waals surface area contributed by atoms with Gasteiger partial charge in [-0.15, -0.1) is 0 Å². The molecular weight excluding hydrogens is 1100 g/mol. The second-order valence-electron chi connectivity index (χ2n) is 24.1. The predicted molar refractivity (Wildman–Crippen MR) is 382 cm³/mol. The van der Waals surface area contributed by atoms with E-state index < -0.39 is 24.3 Å². The van der Waals surface area contributed by atoms with Crippen LogP contribution in [-0.2, 0) is 33.3 Å². The summed E-state index contributed by atoms with van der Waals surface area (Å²) in [6.45, 7) is 4.59. The van der Waals surface area contributed by atoms with Crippen molar-refractivity contribution in [2.75, 3.05) is 47.5 Å². The first kappa shape index (κ1) is 83.7. The molecule has 0 rings (SSSR count). The van der Waals surface area contributed by atoms with Crippen molar-refractivity contribution in [3.8, 4) is 0 Å².